The van der Waals surface area contributed by atoms with E-state index in [2.05, 4.69) is 6.92 Å². The van der Waals surface area contributed by atoms with Crippen molar-refractivity contribution in [2.45, 2.75) is 45.6 Å². The molecule has 0 N–H and O–H groups in total. The van der Waals surface area contributed by atoms with Crippen LogP contribution < -0.4 is 5.56 Å². The van der Waals surface area contributed by atoms with Gasteiger partial charge >= 0.3 is 0 Å². The molecule has 0 amide bonds. The third-order valence-corrected chi connectivity index (χ3v) is 5.61. The number of hydrogen-bond donors (Lipinski definition) is 0. The van der Waals surface area contributed by atoms with Crippen molar-refractivity contribution in [3.05, 3.63) is 50.8 Å². The maximum atomic E-state index is 13.2. The minimum Gasteiger partial charge on any atom is -0.467 e. The van der Waals surface area contributed by atoms with Crippen molar-refractivity contribution in [2.24, 2.45) is 0 Å². The van der Waals surface area contributed by atoms with E-state index < -0.39 is 0 Å². The van der Waals surface area contributed by atoms with Gasteiger partial charge in [-0.3, -0.25) is 14.2 Å². The SMILES string of the molecule is CCCc1nc2sc3c(c2c(=O)n1Cc1ccco1)CCCC3=O. The number of hydrogen-bond acceptors (Lipinski definition) is 5. The molecule has 0 saturated carbocycles. The molecule has 6 heteroatoms. The van der Waals surface area contributed by atoms with Crippen LogP contribution in [0.2, 0.25) is 0 Å². The Bertz CT molecular complexity index is 966. The molecule has 0 aromatic carbocycles. The van der Waals surface area contributed by atoms with Crippen LogP contribution in [0.15, 0.2) is 27.6 Å². The highest BCUT2D eigenvalue weighted by Crippen LogP contribution is 2.34. The van der Waals surface area contributed by atoms with Crippen molar-refractivity contribution in [1.82, 2.24) is 9.55 Å². The number of ketones is 1. The van der Waals surface area contributed by atoms with Gasteiger partial charge in [0.05, 0.1) is 23.1 Å². The van der Waals surface area contributed by atoms with E-state index in [1.807, 2.05) is 12.1 Å². The van der Waals surface area contributed by atoms with Crippen molar-refractivity contribution >= 4 is 27.3 Å². The van der Waals surface area contributed by atoms with Gasteiger partial charge in [-0.1, -0.05) is 6.92 Å². The molecule has 1 aliphatic rings. The van der Waals surface area contributed by atoms with E-state index in [1.165, 1.54) is 11.3 Å². The Labute approximate surface area is 142 Å². The lowest BCUT2D eigenvalue weighted by atomic mass is 9.96. The minimum absolute atomic E-state index is 0.0490. The van der Waals surface area contributed by atoms with Crippen LogP contribution >= 0.6 is 11.3 Å². The van der Waals surface area contributed by atoms with Crippen LogP contribution in [0.4, 0.5) is 0 Å². The highest BCUT2D eigenvalue weighted by atomic mass is 32.1. The Hall–Kier alpha value is -2.21. The lowest BCUT2D eigenvalue weighted by molar-refractivity contribution is 0.0977. The smallest absolute Gasteiger partial charge is 0.262 e. The normalized spacial score (nSPS) is 14.3. The Morgan fingerprint density at radius 2 is 2.21 bits per heavy atom. The van der Waals surface area contributed by atoms with E-state index in [9.17, 15) is 9.59 Å². The molecule has 0 atom stereocenters. The molecule has 0 bridgehead atoms. The van der Waals surface area contributed by atoms with Gasteiger partial charge in [-0.05, 0) is 37.0 Å². The van der Waals surface area contributed by atoms with E-state index in [0.29, 0.717) is 23.2 Å². The van der Waals surface area contributed by atoms with Gasteiger partial charge in [0.2, 0.25) is 0 Å². The first kappa shape index (κ1) is 15.3. The van der Waals surface area contributed by atoms with Gasteiger partial charge < -0.3 is 4.42 Å². The Morgan fingerprint density at radius 3 is 2.96 bits per heavy atom. The number of rotatable bonds is 4. The average Bonchev–Trinajstić information content (AvgIpc) is 3.19. The summed E-state index contributed by atoms with van der Waals surface area (Å²) in [4.78, 5) is 31.5. The molecule has 3 aromatic heterocycles. The number of carbonyl (C=O) groups is 1. The summed E-state index contributed by atoms with van der Waals surface area (Å²) in [6.45, 7) is 2.44. The summed E-state index contributed by atoms with van der Waals surface area (Å²) < 4.78 is 7.11. The van der Waals surface area contributed by atoms with Crippen LogP contribution in [0.25, 0.3) is 10.2 Å². The van der Waals surface area contributed by atoms with Crippen LogP contribution in [-0.2, 0) is 19.4 Å². The van der Waals surface area contributed by atoms with Crippen LogP contribution in [0, 0.1) is 0 Å². The number of furan rings is 1. The van der Waals surface area contributed by atoms with Gasteiger partial charge in [0.1, 0.15) is 16.4 Å². The van der Waals surface area contributed by atoms with E-state index >= 15 is 0 Å². The molecule has 5 nitrogen and oxygen atoms in total. The summed E-state index contributed by atoms with van der Waals surface area (Å²) in [7, 11) is 0. The number of Topliss-reactive ketones (excluding diaryl/α,β-unsaturated/α-hetero) is 1. The number of aryl methyl sites for hydroxylation is 2. The van der Waals surface area contributed by atoms with Gasteiger partial charge in [-0.25, -0.2) is 4.98 Å². The van der Waals surface area contributed by atoms with Crippen LogP contribution in [-0.4, -0.2) is 15.3 Å². The molecule has 0 fully saturated rings. The minimum atomic E-state index is -0.0490. The molecule has 0 aliphatic heterocycles. The maximum absolute atomic E-state index is 13.2. The van der Waals surface area contributed by atoms with E-state index in [4.69, 9.17) is 9.40 Å². The molecule has 1 aliphatic carbocycles. The molecule has 3 heterocycles. The summed E-state index contributed by atoms with van der Waals surface area (Å²) in [5.41, 5.74) is 0.854. The number of aromatic nitrogens is 2. The van der Waals surface area contributed by atoms with Crippen LogP contribution in [0.3, 0.4) is 0 Å². The van der Waals surface area contributed by atoms with Gasteiger partial charge in [0, 0.05) is 12.8 Å². The maximum Gasteiger partial charge on any atom is 0.262 e. The quantitative estimate of drug-likeness (QED) is 0.727. The van der Waals surface area contributed by atoms with Crippen molar-refractivity contribution in [3.8, 4) is 0 Å². The van der Waals surface area contributed by atoms with E-state index in [0.717, 1.165) is 47.7 Å². The predicted molar refractivity (Wildman–Crippen MR) is 93.0 cm³/mol. The summed E-state index contributed by atoms with van der Waals surface area (Å²) in [5.74, 6) is 1.64. The fourth-order valence-corrected chi connectivity index (χ4v) is 4.52. The first-order valence-corrected chi connectivity index (χ1v) is 9.11. The standard InChI is InChI=1S/C18H18N2O3S/c1-2-5-14-19-17-15(12-7-3-8-13(21)16(12)24-17)18(22)20(14)10-11-6-4-9-23-11/h4,6,9H,2-3,5,7-8,10H2,1H3. The summed E-state index contributed by atoms with van der Waals surface area (Å²) in [6.07, 6.45) is 5.40. The molecule has 4 rings (SSSR count). The zero-order valence-corrected chi connectivity index (χ0v) is 14.3. The highest BCUT2D eigenvalue weighted by molar-refractivity contribution is 7.20. The number of fused-ring (bicyclic) bond motifs is 3. The molecular formula is C18H18N2O3S. The van der Waals surface area contributed by atoms with E-state index in [1.54, 1.807) is 10.8 Å². The fourth-order valence-electron chi connectivity index (χ4n) is 3.32. The molecule has 0 radical (unpaired) electrons. The van der Waals surface area contributed by atoms with Crippen molar-refractivity contribution in [3.63, 3.8) is 0 Å². The van der Waals surface area contributed by atoms with Crippen molar-refractivity contribution in [2.75, 3.05) is 0 Å². The molecule has 0 spiro atoms. The Morgan fingerprint density at radius 1 is 1.33 bits per heavy atom. The fraction of sp³-hybridized carbons (Fsp3) is 0.389. The molecular weight excluding hydrogens is 324 g/mol. The molecule has 3 aromatic rings. The van der Waals surface area contributed by atoms with E-state index in [-0.39, 0.29) is 11.3 Å². The molecule has 124 valence electrons. The van der Waals surface area contributed by atoms with Crippen LogP contribution in [0.5, 0.6) is 0 Å². The van der Waals surface area contributed by atoms with Crippen molar-refractivity contribution < 1.29 is 9.21 Å². The third kappa shape index (κ3) is 2.41. The van der Waals surface area contributed by atoms with Gasteiger partial charge in [0.15, 0.2) is 5.78 Å². The largest absolute Gasteiger partial charge is 0.467 e. The molecule has 0 saturated heterocycles. The first-order chi connectivity index (χ1) is 11.7. The average molecular weight is 342 g/mol. The summed E-state index contributed by atoms with van der Waals surface area (Å²) in [5, 5.41) is 0.634. The highest BCUT2D eigenvalue weighted by Gasteiger charge is 2.26. The lowest BCUT2D eigenvalue weighted by Gasteiger charge is -2.12. The Balaban J connectivity index is 1.95. The summed E-state index contributed by atoms with van der Waals surface area (Å²) in [6, 6.07) is 3.68. The number of nitrogens with zero attached hydrogens (tertiary/aromatic N) is 2. The monoisotopic (exact) mass is 342 g/mol. The van der Waals surface area contributed by atoms with Crippen LogP contribution in [0.1, 0.15) is 53.0 Å². The second-order valence-corrected chi connectivity index (χ2v) is 7.11. The Kier molecular flexibility index (Phi) is 3.84. The first-order valence-electron chi connectivity index (χ1n) is 8.29. The lowest BCUT2D eigenvalue weighted by Crippen LogP contribution is -2.26. The summed E-state index contributed by atoms with van der Waals surface area (Å²) >= 11 is 1.38. The van der Waals surface area contributed by atoms with Gasteiger partial charge in [-0.2, -0.15) is 0 Å². The van der Waals surface area contributed by atoms with Crippen molar-refractivity contribution in [1.29, 1.82) is 0 Å². The van der Waals surface area contributed by atoms with Gasteiger partial charge in [-0.15, -0.1) is 11.3 Å². The van der Waals surface area contributed by atoms with Gasteiger partial charge in [0.25, 0.3) is 5.56 Å². The number of thiophene rings is 1. The topological polar surface area (TPSA) is 65.1 Å². The molecule has 24 heavy (non-hydrogen) atoms. The second-order valence-electron chi connectivity index (χ2n) is 6.12. The predicted octanol–water partition coefficient (Wildman–Crippen LogP) is 3.57. The number of carbonyl (C=O) groups excluding carboxylic acids is 1. The second kappa shape index (κ2) is 6.02. The third-order valence-electron chi connectivity index (χ3n) is 4.44. The zero-order valence-electron chi connectivity index (χ0n) is 13.5. The molecule has 0 unspecified atom stereocenters. The zero-order chi connectivity index (χ0) is 16.7.